The number of nitrogens with zero attached hydrogens (tertiary/aromatic N) is 2. The van der Waals surface area contributed by atoms with Gasteiger partial charge in [-0.25, -0.2) is 4.98 Å². The molecule has 0 saturated carbocycles. The highest BCUT2D eigenvalue weighted by Gasteiger charge is 2.27. The number of Topliss-reactive ketones (excluding diaryl/α,β-unsaturated/α-hetero) is 1. The van der Waals surface area contributed by atoms with Gasteiger partial charge in [0.15, 0.2) is 5.78 Å². The van der Waals surface area contributed by atoms with Gasteiger partial charge in [-0.1, -0.05) is 43.5 Å². The molecular weight excluding hydrogens is 404 g/mol. The molecule has 0 bridgehead atoms. The molecule has 1 N–H and O–H groups in total. The molecule has 0 aliphatic carbocycles. The van der Waals surface area contributed by atoms with E-state index in [0.29, 0.717) is 23.0 Å². The first kappa shape index (κ1) is 23.8. The Hall–Kier alpha value is -2.47. The Balaban J connectivity index is 2.28. The van der Waals surface area contributed by atoms with Gasteiger partial charge in [0.1, 0.15) is 5.82 Å². The summed E-state index contributed by atoms with van der Waals surface area (Å²) in [5.74, 6) is -0.544. The number of aliphatic carboxylic acids is 1. The summed E-state index contributed by atoms with van der Waals surface area (Å²) in [6, 6.07) is 8.54. The predicted molar refractivity (Wildman–Crippen MR) is 118 cm³/mol. The van der Waals surface area contributed by atoms with Crippen LogP contribution in [0.1, 0.15) is 58.7 Å². The molecule has 1 aromatic heterocycles. The summed E-state index contributed by atoms with van der Waals surface area (Å²) in [6.45, 7) is 5.18. The van der Waals surface area contributed by atoms with Gasteiger partial charge in [0, 0.05) is 29.5 Å². The highest BCUT2D eigenvalue weighted by atomic mass is 35.5. The molecule has 2 rings (SSSR count). The zero-order chi connectivity index (χ0) is 22.3. The van der Waals surface area contributed by atoms with Crippen molar-refractivity contribution in [3.8, 4) is 11.3 Å². The van der Waals surface area contributed by atoms with E-state index in [1.807, 2.05) is 12.1 Å². The molecule has 0 aliphatic heterocycles. The first-order valence-electron chi connectivity index (χ1n) is 10.3. The number of aryl methyl sites for hydroxylation is 1. The van der Waals surface area contributed by atoms with Crippen molar-refractivity contribution >= 4 is 23.4 Å². The van der Waals surface area contributed by atoms with Crippen LogP contribution in [0.3, 0.4) is 0 Å². The second-order valence-electron chi connectivity index (χ2n) is 8.17. The maximum Gasteiger partial charge on any atom is 0.309 e. The Morgan fingerprint density at radius 1 is 1.17 bits per heavy atom. The molecule has 0 saturated heterocycles. The smallest absolute Gasteiger partial charge is 0.309 e. The maximum atomic E-state index is 12.8. The van der Waals surface area contributed by atoms with Gasteiger partial charge in [0.2, 0.25) is 0 Å². The maximum absolute atomic E-state index is 12.8. The van der Waals surface area contributed by atoms with E-state index in [1.165, 1.54) is 10.6 Å². The van der Waals surface area contributed by atoms with Crippen molar-refractivity contribution in [3.05, 3.63) is 51.5 Å². The number of halogens is 1. The van der Waals surface area contributed by atoms with E-state index in [2.05, 4.69) is 11.9 Å². The van der Waals surface area contributed by atoms with E-state index in [9.17, 15) is 19.5 Å². The summed E-state index contributed by atoms with van der Waals surface area (Å²) in [6.07, 6.45) is 3.81. The lowest BCUT2D eigenvalue weighted by molar-refractivity contribution is -0.147. The number of carbonyl (C=O) groups is 2. The van der Waals surface area contributed by atoms with Gasteiger partial charge >= 0.3 is 5.97 Å². The van der Waals surface area contributed by atoms with Crippen LogP contribution in [0.25, 0.3) is 11.3 Å². The van der Waals surface area contributed by atoms with Gasteiger partial charge in [-0.05, 0) is 38.8 Å². The predicted octanol–water partition coefficient (Wildman–Crippen LogP) is 4.76. The van der Waals surface area contributed by atoms with Gasteiger partial charge in [0.05, 0.1) is 17.7 Å². The Labute approximate surface area is 181 Å². The van der Waals surface area contributed by atoms with Crippen LogP contribution in [0.5, 0.6) is 0 Å². The molecule has 0 spiro atoms. The third kappa shape index (κ3) is 6.52. The minimum atomic E-state index is -0.985. The molecule has 30 heavy (non-hydrogen) atoms. The number of benzene rings is 1. The van der Waals surface area contributed by atoms with Crippen molar-refractivity contribution in [1.29, 1.82) is 0 Å². The normalized spacial score (nSPS) is 11.5. The van der Waals surface area contributed by atoms with E-state index in [1.54, 1.807) is 26.0 Å². The number of aromatic nitrogens is 2. The first-order valence-corrected chi connectivity index (χ1v) is 10.6. The Kier molecular flexibility index (Phi) is 8.35. The summed E-state index contributed by atoms with van der Waals surface area (Å²) >= 11 is 5.95. The minimum absolute atomic E-state index is 0.0934. The second kappa shape index (κ2) is 10.5. The topological polar surface area (TPSA) is 89.3 Å². The summed E-state index contributed by atoms with van der Waals surface area (Å²) < 4.78 is 1.42. The van der Waals surface area contributed by atoms with E-state index in [4.69, 9.17) is 11.6 Å². The molecule has 0 aliphatic rings. The van der Waals surface area contributed by atoms with E-state index in [0.717, 1.165) is 24.8 Å². The van der Waals surface area contributed by atoms with Crippen LogP contribution in [-0.4, -0.2) is 26.4 Å². The van der Waals surface area contributed by atoms with Crippen LogP contribution in [0.2, 0.25) is 5.02 Å². The summed E-state index contributed by atoms with van der Waals surface area (Å²) in [5, 5.41) is 9.83. The summed E-state index contributed by atoms with van der Waals surface area (Å²) in [7, 11) is 0. The fourth-order valence-electron chi connectivity index (χ4n) is 3.03. The van der Waals surface area contributed by atoms with Crippen LogP contribution in [-0.2, 0) is 22.6 Å². The second-order valence-corrected chi connectivity index (χ2v) is 8.61. The molecule has 0 radical (unpaired) electrons. The molecular formula is C23H29ClN2O4. The third-order valence-electron chi connectivity index (χ3n) is 5.17. The first-order chi connectivity index (χ1) is 14.1. The number of carboxylic acids is 1. The van der Waals surface area contributed by atoms with Crippen molar-refractivity contribution < 1.29 is 14.7 Å². The summed E-state index contributed by atoms with van der Waals surface area (Å²) in [5.41, 5.74) is 0.0717. The molecule has 1 heterocycles. The zero-order valence-electron chi connectivity index (χ0n) is 17.8. The number of carbonyl (C=O) groups excluding carboxylic acids is 1. The van der Waals surface area contributed by atoms with Crippen molar-refractivity contribution in [2.24, 2.45) is 5.41 Å². The molecule has 6 nitrogen and oxygen atoms in total. The Morgan fingerprint density at radius 3 is 2.43 bits per heavy atom. The van der Waals surface area contributed by atoms with Crippen LogP contribution in [0.15, 0.2) is 35.1 Å². The van der Waals surface area contributed by atoms with Gasteiger partial charge < -0.3 is 5.11 Å². The van der Waals surface area contributed by atoms with E-state index >= 15 is 0 Å². The van der Waals surface area contributed by atoms with Gasteiger partial charge in [0.25, 0.3) is 5.56 Å². The monoisotopic (exact) mass is 432 g/mol. The average Bonchev–Trinajstić information content (AvgIpc) is 2.69. The number of hydrogen-bond donors (Lipinski definition) is 1. The summed E-state index contributed by atoms with van der Waals surface area (Å²) in [4.78, 5) is 41.3. The molecule has 0 atom stereocenters. The quantitative estimate of drug-likeness (QED) is 0.517. The third-order valence-corrected chi connectivity index (χ3v) is 5.43. The van der Waals surface area contributed by atoms with Crippen molar-refractivity contribution in [2.45, 2.75) is 65.8 Å². The molecule has 2 aromatic rings. The molecule has 7 heteroatoms. The number of rotatable bonds is 11. The Bertz CT molecular complexity index is 949. The van der Waals surface area contributed by atoms with Crippen LogP contribution < -0.4 is 5.56 Å². The molecule has 0 unspecified atom stereocenters. The average molecular weight is 433 g/mol. The van der Waals surface area contributed by atoms with Crippen LogP contribution in [0.4, 0.5) is 0 Å². The van der Waals surface area contributed by atoms with E-state index < -0.39 is 11.4 Å². The van der Waals surface area contributed by atoms with Crippen LogP contribution >= 0.6 is 11.6 Å². The number of hydrogen-bond acceptors (Lipinski definition) is 4. The largest absolute Gasteiger partial charge is 0.481 e. The molecule has 162 valence electrons. The Morgan fingerprint density at radius 2 is 1.83 bits per heavy atom. The molecule has 0 amide bonds. The van der Waals surface area contributed by atoms with Gasteiger partial charge in [-0.2, -0.15) is 0 Å². The van der Waals surface area contributed by atoms with Crippen molar-refractivity contribution in [1.82, 2.24) is 9.55 Å². The lowest BCUT2D eigenvalue weighted by Crippen LogP contribution is -2.30. The standard InChI is InChI=1S/C23H29ClN2O4/c1-4-5-6-7-20-25-19(16-8-10-17(24)11-9-16)14-21(28)26(20)15-18(27)12-13-23(2,3)22(29)30/h8-11,14H,4-7,12-13,15H2,1-3H3,(H,29,30). The van der Waals surface area contributed by atoms with Gasteiger partial charge in [-0.15, -0.1) is 0 Å². The molecule has 0 fully saturated rings. The minimum Gasteiger partial charge on any atom is -0.481 e. The lowest BCUT2D eigenvalue weighted by atomic mass is 9.87. The number of carboxylic acid groups (broad SMARTS) is 1. The highest BCUT2D eigenvalue weighted by molar-refractivity contribution is 6.30. The fraction of sp³-hybridized carbons (Fsp3) is 0.478. The van der Waals surface area contributed by atoms with E-state index in [-0.39, 0.29) is 30.7 Å². The SMILES string of the molecule is CCCCCc1nc(-c2ccc(Cl)cc2)cc(=O)n1CC(=O)CCC(C)(C)C(=O)O. The fourth-order valence-corrected chi connectivity index (χ4v) is 3.16. The highest BCUT2D eigenvalue weighted by Crippen LogP contribution is 2.23. The van der Waals surface area contributed by atoms with Crippen LogP contribution in [0, 0.1) is 5.41 Å². The number of ketones is 1. The zero-order valence-corrected chi connectivity index (χ0v) is 18.5. The van der Waals surface area contributed by atoms with Crippen molar-refractivity contribution in [2.75, 3.05) is 0 Å². The lowest BCUT2D eigenvalue weighted by Gasteiger charge is -2.18. The number of unbranched alkanes of at least 4 members (excludes halogenated alkanes) is 2. The van der Waals surface area contributed by atoms with Crippen molar-refractivity contribution in [3.63, 3.8) is 0 Å². The molecule has 1 aromatic carbocycles. The van der Waals surface area contributed by atoms with Gasteiger partial charge in [-0.3, -0.25) is 19.0 Å².